The lowest BCUT2D eigenvalue weighted by atomic mass is 10.3. The summed E-state index contributed by atoms with van der Waals surface area (Å²) in [4.78, 5) is 26.7. The van der Waals surface area contributed by atoms with Gasteiger partial charge in [-0.3, -0.25) is 20.2 Å². The molecular formula is C16H12ClN3O5S. The molecule has 1 N–H and O–H groups in total. The average Bonchev–Trinajstić information content (AvgIpc) is 3.01. The molecule has 2 aromatic carbocycles. The molecule has 0 spiro atoms. The van der Waals surface area contributed by atoms with Crippen LogP contribution >= 0.6 is 22.9 Å². The number of hydrogen-bond donors (Lipinski definition) is 1. The van der Waals surface area contributed by atoms with Gasteiger partial charge in [-0.25, -0.2) is 4.98 Å². The Morgan fingerprint density at radius 2 is 2.15 bits per heavy atom. The fourth-order valence-electron chi connectivity index (χ4n) is 2.14. The molecule has 0 aliphatic rings. The highest BCUT2D eigenvalue weighted by Gasteiger charge is 2.17. The number of ether oxygens (including phenoxy) is 2. The Balaban J connectivity index is 1.67. The van der Waals surface area contributed by atoms with Crippen molar-refractivity contribution in [2.24, 2.45) is 0 Å². The van der Waals surface area contributed by atoms with E-state index < -0.39 is 17.4 Å². The Morgan fingerprint density at radius 1 is 1.35 bits per heavy atom. The van der Waals surface area contributed by atoms with Crippen LogP contribution in [0.25, 0.3) is 10.2 Å². The van der Waals surface area contributed by atoms with E-state index in [1.165, 1.54) is 23.5 Å². The van der Waals surface area contributed by atoms with E-state index in [0.29, 0.717) is 10.9 Å². The van der Waals surface area contributed by atoms with Gasteiger partial charge in [0.15, 0.2) is 17.5 Å². The third kappa shape index (κ3) is 4.01. The quantitative estimate of drug-likeness (QED) is 0.503. The Morgan fingerprint density at radius 3 is 2.88 bits per heavy atom. The van der Waals surface area contributed by atoms with Crippen molar-refractivity contribution in [2.75, 3.05) is 19.0 Å². The molecule has 1 heterocycles. The summed E-state index contributed by atoms with van der Waals surface area (Å²) in [5.41, 5.74) is 0.415. The molecule has 134 valence electrons. The summed E-state index contributed by atoms with van der Waals surface area (Å²) in [5, 5.41) is 14.2. The highest BCUT2D eigenvalue weighted by Crippen LogP contribution is 2.31. The minimum atomic E-state index is -0.625. The van der Waals surface area contributed by atoms with Crippen LogP contribution in [0, 0.1) is 10.1 Å². The van der Waals surface area contributed by atoms with Crippen LogP contribution in [0.1, 0.15) is 0 Å². The van der Waals surface area contributed by atoms with Gasteiger partial charge >= 0.3 is 5.69 Å². The molecule has 0 unspecified atom stereocenters. The average molecular weight is 394 g/mol. The predicted molar refractivity (Wildman–Crippen MR) is 98.4 cm³/mol. The first-order valence-corrected chi connectivity index (χ1v) is 8.47. The van der Waals surface area contributed by atoms with E-state index in [9.17, 15) is 14.9 Å². The molecule has 0 saturated heterocycles. The smallest absolute Gasteiger partial charge is 0.312 e. The highest BCUT2D eigenvalue weighted by molar-refractivity contribution is 7.22. The molecule has 10 heteroatoms. The van der Waals surface area contributed by atoms with E-state index in [1.807, 2.05) is 6.07 Å². The normalized spacial score (nSPS) is 10.5. The first-order valence-electron chi connectivity index (χ1n) is 7.27. The predicted octanol–water partition coefficient (Wildman–Crippen LogP) is 3.88. The Labute approximate surface area is 156 Å². The fourth-order valence-corrected chi connectivity index (χ4v) is 3.22. The maximum atomic E-state index is 12.0. The van der Waals surface area contributed by atoms with Gasteiger partial charge in [-0.1, -0.05) is 22.9 Å². The summed E-state index contributed by atoms with van der Waals surface area (Å²) < 4.78 is 11.2. The van der Waals surface area contributed by atoms with Gasteiger partial charge in [0.1, 0.15) is 5.75 Å². The van der Waals surface area contributed by atoms with Gasteiger partial charge in [-0.05, 0) is 30.3 Å². The largest absolute Gasteiger partial charge is 0.497 e. The number of rotatable bonds is 6. The number of nitro benzene ring substituents is 1. The number of nitrogens with one attached hydrogen (secondary N) is 1. The van der Waals surface area contributed by atoms with Crippen molar-refractivity contribution < 1.29 is 19.2 Å². The molecular weight excluding hydrogens is 382 g/mol. The topological polar surface area (TPSA) is 104 Å². The van der Waals surface area contributed by atoms with E-state index in [4.69, 9.17) is 21.1 Å². The summed E-state index contributed by atoms with van der Waals surface area (Å²) in [5.74, 6) is 0.168. The summed E-state index contributed by atoms with van der Waals surface area (Å²) in [7, 11) is 1.57. The molecule has 0 fully saturated rings. The number of carbonyl (C=O) groups excluding carboxylic acids is 1. The summed E-state index contributed by atoms with van der Waals surface area (Å²) in [6.45, 7) is -0.401. The van der Waals surface area contributed by atoms with E-state index in [2.05, 4.69) is 10.3 Å². The lowest BCUT2D eigenvalue weighted by Gasteiger charge is -2.06. The highest BCUT2D eigenvalue weighted by atomic mass is 35.5. The van der Waals surface area contributed by atoms with Crippen molar-refractivity contribution >= 4 is 49.9 Å². The van der Waals surface area contributed by atoms with Crippen LogP contribution in [-0.2, 0) is 4.79 Å². The Bertz CT molecular complexity index is 991. The van der Waals surface area contributed by atoms with Gasteiger partial charge < -0.3 is 9.47 Å². The van der Waals surface area contributed by atoms with Gasteiger partial charge in [-0.2, -0.15) is 0 Å². The molecule has 1 aromatic heterocycles. The second kappa shape index (κ2) is 7.54. The standard InChI is InChI=1S/C16H12ClN3O5S/c1-24-10-3-4-11-14(7-10)26-16(18-11)19-15(21)8-25-13-5-2-9(17)6-12(13)20(22)23/h2-7H,8H2,1H3,(H,18,19,21). The summed E-state index contributed by atoms with van der Waals surface area (Å²) >= 11 is 7.02. The maximum Gasteiger partial charge on any atom is 0.312 e. The van der Waals surface area contributed by atoms with Crippen LogP contribution < -0.4 is 14.8 Å². The maximum absolute atomic E-state index is 12.0. The molecule has 3 rings (SSSR count). The molecule has 0 aliphatic carbocycles. The van der Waals surface area contributed by atoms with Gasteiger partial charge in [0, 0.05) is 11.1 Å². The van der Waals surface area contributed by atoms with Crippen LogP contribution in [0.4, 0.5) is 10.8 Å². The number of carbonyl (C=O) groups is 1. The van der Waals surface area contributed by atoms with Gasteiger partial charge in [-0.15, -0.1) is 0 Å². The second-order valence-electron chi connectivity index (χ2n) is 5.06. The molecule has 0 bridgehead atoms. The van der Waals surface area contributed by atoms with Crippen LogP contribution in [0.15, 0.2) is 36.4 Å². The first-order chi connectivity index (χ1) is 12.5. The zero-order chi connectivity index (χ0) is 18.7. The Kier molecular flexibility index (Phi) is 5.19. The number of benzene rings is 2. The lowest BCUT2D eigenvalue weighted by molar-refractivity contribution is -0.385. The van der Waals surface area contributed by atoms with E-state index in [1.54, 1.807) is 19.2 Å². The number of halogens is 1. The minimum absolute atomic E-state index is 0.0383. The van der Waals surface area contributed by atoms with Crippen LogP contribution in [-0.4, -0.2) is 29.5 Å². The molecule has 3 aromatic rings. The first kappa shape index (κ1) is 17.9. The SMILES string of the molecule is COc1ccc2nc(NC(=O)COc3ccc(Cl)cc3[N+](=O)[O-])sc2c1. The van der Waals surface area contributed by atoms with Crippen molar-refractivity contribution in [3.05, 3.63) is 51.5 Å². The minimum Gasteiger partial charge on any atom is -0.497 e. The second-order valence-corrected chi connectivity index (χ2v) is 6.53. The number of aromatic nitrogens is 1. The lowest BCUT2D eigenvalue weighted by Crippen LogP contribution is -2.20. The van der Waals surface area contributed by atoms with Crippen molar-refractivity contribution in [1.29, 1.82) is 0 Å². The fraction of sp³-hybridized carbons (Fsp3) is 0.125. The number of anilines is 1. The Hall–Kier alpha value is -2.91. The molecule has 8 nitrogen and oxygen atoms in total. The molecule has 0 aliphatic heterocycles. The van der Waals surface area contributed by atoms with E-state index in [-0.39, 0.29) is 16.5 Å². The van der Waals surface area contributed by atoms with Gasteiger partial charge in [0.2, 0.25) is 0 Å². The number of nitro groups is 1. The van der Waals surface area contributed by atoms with Gasteiger partial charge in [0.25, 0.3) is 5.91 Å². The number of methoxy groups -OCH3 is 1. The number of fused-ring (bicyclic) bond motifs is 1. The number of amides is 1. The summed E-state index contributed by atoms with van der Waals surface area (Å²) in [6, 6.07) is 9.33. The number of thiazole rings is 1. The monoisotopic (exact) mass is 393 g/mol. The van der Waals surface area contributed by atoms with Crippen molar-refractivity contribution in [1.82, 2.24) is 4.98 Å². The molecule has 0 saturated carbocycles. The number of hydrogen-bond acceptors (Lipinski definition) is 7. The van der Waals surface area contributed by atoms with E-state index >= 15 is 0 Å². The third-order valence-corrected chi connectivity index (χ3v) is 4.49. The zero-order valence-electron chi connectivity index (χ0n) is 13.4. The van der Waals surface area contributed by atoms with Crippen molar-refractivity contribution in [2.45, 2.75) is 0 Å². The summed E-state index contributed by atoms with van der Waals surface area (Å²) in [6.07, 6.45) is 0. The molecule has 26 heavy (non-hydrogen) atoms. The van der Waals surface area contributed by atoms with Crippen molar-refractivity contribution in [3.63, 3.8) is 0 Å². The van der Waals surface area contributed by atoms with Crippen LogP contribution in [0.2, 0.25) is 5.02 Å². The molecule has 1 amide bonds. The molecule has 0 radical (unpaired) electrons. The number of nitrogens with zero attached hydrogens (tertiary/aromatic N) is 2. The molecule has 0 atom stereocenters. The van der Waals surface area contributed by atoms with Crippen molar-refractivity contribution in [3.8, 4) is 11.5 Å². The van der Waals surface area contributed by atoms with E-state index in [0.717, 1.165) is 16.3 Å². The van der Waals surface area contributed by atoms with Crippen LogP contribution in [0.3, 0.4) is 0 Å². The zero-order valence-corrected chi connectivity index (χ0v) is 15.0. The third-order valence-electron chi connectivity index (χ3n) is 3.32. The van der Waals surface area contributed by atoms with Crippen LogP contribution in [0.5, 0.6) is 11.5 Å². The van der Waals surface area contributed by atoms with Gasteiger partial charge in [0.05, 0.1) is 22.2 Å².